The number of benzene rings is 6. The Bertz CT molecular complexity index is 5450. The number of para-hydroxylation sites is 3. The number of aromatic nitrogens is 3. The number of carboxylic acids is 1. The van der Waals surface area contributed by atoms with Crippen LogP contribution in [-0.2, 0) is 59.7 Å². The Labute approximate surface area is 681 Å². The molecule has 3 saturated heterocycles. The zero-order chi connectivity index (χ0) is 79.8. The summed E-state index contributed by atoms with van der Waals surface area (Å²) in [6.45, 7) is 11.3. The van der Waals surface area contributed by atoms with Crippen LogP contribution < -0.4 is 14.7 Å². The molecule has 22 rings (SSSR count). The molecule has 4 saturated carbocycles. The van der Waals surface area contributed by atoms with Gasteiger partial charge in [0.25, 0.3) is 0 Å². The minimum atomic E-state index is -0.887. The van der Waals surface area contributed by atoms with Crippen molar-refractivity contribution in [2.75, 3.05) is 130 Å². The number of aryl methyl sites for hydroxylation is 3. The molecule has 116 heavy (non-hydrogen) atoms. The molecule has 9 aromatic rings. The Morgan fingerprint density at radius 2 is 0.681 bits per heavy atom. The van der Waals surface area contributed by atoms with Gasteiger partial charge in [-0.2, -0.15) is 0 Å². The number of likely N-dealkylation sites (N-methyl/N-ethyl adjacent to an activating group) is 2. The van der Waals surface area contributed by atoms with Crippen molar-refractivity contribution in [2.45, 2.75) is 195 Å². The predicted molar refractivity (Wildman–Crippen MR) is 457 cm³/mol. The summed E-state index contributed by atoms with van der Waals surface area (Å²) in [5, 5.41) is 13.4. The van der Waals surface area contributed by atoms with Gasteiger partial charge >= 0.3 is 17.9 Å². The van der Waals surface area contributed by atoms with Gasteiger partial charge in [-0.15, -0.1) is 0 Å². The number of anilines is 3. The molecule has 20 nitrogen and oxygen atoms in total. The van der Waals surface area contributed by atoms with Crippen LogP contribution in [-0.4, -0.2) is 194 Å². The van der Waals surface area contributed by atoms with Gasteiger partial charge in [-0.1, -0.05) is 131 Å². The summed E-state index contributed by atoms with van der Waals surface area (Å²) in [7, 11) is 13.5. The number of hydrogen-bond donors (Lipinski definition) is 1. The maximum absolute atomic E-state index is 14.1. The number of methoxy groups -OCH3 is 2. The number of hydrogen-bond acceptors (Lipinski definition) is 13. The van der Waals surface area contributed by atoms with Crippen LogP contribution >= 0.6 is 0 Å². The molecule has 7 fully saturated rings. The molecule has 2 atom stereocenters. The summed E-state index contributed by atoms with van der Waals surface area (Å²) in [5.41, 5.74) is 22.2. The van der Waals surface area contributed by atoms with E-state index in [9.17, 15) is 33.9 Å². The van der Waals surface area contributed by atoms with Crippen LogP contribution in [0.15, 0.2) is 109 Å². The van der Waals surface area contributed by atoms with Crippen LogP contribution in [0.25, 0.3) is 66.5 Å². The summed E-state index contributed by atoms with van der Waals surface area (Å²) < 4.78 is 17.4. The lowest BCUT2D eigenvalue weighted by atomic mass is 9.79. The average molecular weight is 1570 g/mol. The second-order valence-electron chi connectivity index (χ2n) is 36.5. The SMILES string of the molecule is CN1CCC2(C1)C(=O)N1CCCn3c(c(C4CCCCC4)c4ccc(C(=O)O)cc43)-c3cccc2c31.CN1CN(C)CN(C)C1.COC(=O)c1ccc2c(C3CCCCC3)c3n(c2c1)CCCN1C(=O)C2(CC2)c2cccc-3c21.COC(=O)c1ccc2c(C3CCCCC3)c3n(c2c1)CCCN1C(=O)C2(CCN(C)C2)c2cccc-3c21. The normalized spacial score (nSPS) is 23.3. The molecule has 0 radical (unpaired) electrons. The summed E-state index contributed by atoms with van der Waals surface area (Å²) in [5.74, 6) is 0.843. The van der Waals surface area contributed by atoms with Crippen LogP contribution in [0, 0.1) is 0 Å². The monoisotopic (exact) mass is 1560 g/mol. The quantitative estimate of drug-likeness (QED) is 0.155. The second-order valence-corrected chi connectivity index (χ2v) is 36.5. The third kappa shape index (κ3) is 12.4. The van der Waals surface area contributed by atoms with E-state index >= 15 is 0 Å². The first kappa shape index (κ1) is 76.5. The Hall–Kier alpha value is -9.44. The fourth-order valence-corrected chi connectivity index (χ4v) is 24.0. The van der Waals surface area contributed by atoms with E-state index in [4.69, 9.17) is 9.47 Å². The molecule has 2 unspecified atom stereocenters. The van der Waals surface area contributed by atoms with E-state index in [-0.39, 0.29) is 29.2 Å². The number of rotatable bonds is 6. The van der Waals surface area contributed by atoms with Crippen LogP contribution in [0.4, 0.5) is 17.1 Å². The number of likely N-dealkylation sites (tertiary alicyclic amines) is 2. The summed E-state index contributed by atoms with van der Waals surface area (Å²) in [6, 6.07) is 37.5. The number of fused-ring (bicyclic) bond motifs is 15. The largest absolute Gasteiger partial charge is 0.478 e. The highest BCUT2D eigenvalue weighted by atomic mass is 16.5. The van der Waals surface area contributed by atoms with Crippen LogP contribution in [0.1, 0.15) is 223 Å². The van der Waals surface area contributed by atoms with Gasteiger partial charge in [0.15, 0.2) is 0 Å². The molecule has 0 bridgehead atoms. The zero-order valence-electron chi connectivity index (χ0n) is 69.0. The van der Waals surface area contributed by atoms with E-state index in [1.807, 2.05) is 36.4 Å². The number of ether oxygens (including phenoxy) is 2. The number of amides is 3. The number of carboxylic acid groups (broad SMARTS) is 1. The van der Waals surface area contributed by atoms with Gasteiger partial charge in [0.05, 0.1) is 101 Å². The van der Waals surface area contributed by atoms with Crippen LogP contribution in [0.3, 0.4) is 0 Å². The molecule has 13 aliphatic rings. The van der Waals surface area contributed by atoms with Crippen molar-refractivity contribution in [3.05, 3.63) is 159 Å². The summed E-state index contributed by atoms with van der Waals surface area (Å²) in [4.78, 5) is 96.1. The van der Waals surface area contributed by atoms with Gasteiger partial charge in [-0.3, -0.25) is 29.1 Å². The lowest BCUT2D eigenvalue weighted by molar-refractivity contribution is -0.123. The molecule has 20 heteroatoms. The van der Waals surface area contributed by atoms with Crippen molar-refractivity contribution in [1.82, 2.24) is 38.2 Å². The highest BCUT2D eigenvalue weighted by Crippen LogP contribution is 2.62. The highest BCUT2D eigenvalue weighted by Gasteiger charge is 2.61. The summed E-state index contributed by atoms with van der Waals surface area (Å²) in [6.07, 6.45) is 24.8. The fraction of sp³-hybridized carbons (Fsp3) is 0.500. The second kappa shape index (κ2) is 30.2. The van der Waals surface area contributed by atoms with E-state index in [0.29, 0.717) is 46.9 Å². The topological polar surface area (TPSA) is 182 Å². The number of carbonyl (C=O) groups excluding carboxylic acids is 5. The predicted octanol–water partition coefficient (Wildman–Crippen LogP) is 16.4. The maximum atomic E-state index is 14.1. The summed E-state index contributed by atoms with van der Waals surface area (Å²) >= 11 is 0. The van der Waals surface area contributed by atoms with Crippen molar-refractivity contribution in [3.8, 4) is 33.8 Å². The Kier molecular flexibility index (Phi) is 19.9. The number of nitrogens with zero attached hydrogens (tertiary/aromatic N) is 11. The Morgan fingerprint density at radius 1 is 0.362 bits per heavy atom. The molecule has 1 N–H and O–H groups in total. The van der Waals surface area contributed by atoms with E-state index in [0.717, 1.165) is 163 Å². The minimum Gasteiger partial charge on any atom is -0.478 e. The third-order valence-corrected chi connectivity index (χ3v) is 29.0. The zero-order valence-corrected chi connectivity index (χ0v) is 69.0. The van der Waals surface area contributed by atoms with Crippen LogP contribution in [0.2, 0.25) is 0 Å². The molecule has 606 valence electrons. The van der Waals surface area contributed by atoms with Gasteiger partial charge in [0.1, 0.15) is 0 Å². The molecule has 9 aliphatic heterocycles. The Morgan fingerprint density at radius 3 is 0.991 bits per heavy atom. The van der Waals surface area contributed by atoms with Crippen molar-refractivity contribution in [1.29, 1.82) is 0 Å². The van der Waals surface area contributed by atoms with Gasteiger partial charge in [-0.25, -0.2) is 14.4 Å². The average Bonchev–Trinajstić information content (AvgIpc) is 1.54. The number of esters is 2. The van der Waals surface area contributed by atoms with E-state index in [1.54, 1.807) is 6.07 Å². The third-order valence-electron chi connectivity index (χ3n) is 29.0. The van der Waals surface area contributed by atoms with Crippen molar-refractivity contribution in [2.24, 2.45) is 0 Å². The first-order valence-electron chi connectivity index (χ1n) is 43.5. The van der Waals surface area contributed by atoms with Gasteiger partial charge < -0.3 is 52.8 Å². The lowest BCUT2D eigenvalue weighted by Crippen LogP contribution is -2.50. The molecule has 12 heterocycles. The fourth-order valence-electron chi connectivity index (χ4n) is 24.0. The van der Waals surface area contributed by atoms with Crippen molar-refractivity contribution >= 4 is 85.4 Å². The van der Waals surface area contributed by atoms with Gasteiger partial charge in [0.2, 0.25) is 17.7 Å². The highest BCUT2D eigenvalue weighted by molar-refractivity contribution is 6.16. The number of aromatic carboxylic acids is 1. The Balaban J connectivity index is 0.000000110. The van der Waals surface area contributed by atoms with Gasteiger partial charge in [0, 0.05) is 102 Å². The first-order valence-corrected chi connectivity index (χ1v) is 43.5. The first-order chi connectivity index (χ1) is 56.3. The molecular weight excluding hydrogens is 1450 g/mol. The number of carbonyl (C=O) groups is 6. The molecule has 3 spiro atoms. The standard InChI is InChI=1S/C31H35N3O3.C30H33N3O3.C29H30N2O3.C6H15N3/c1-32-17-14-31(19-32)24-11-6-10-23-27(24)34(30(31)36)16-7-15-33-25-18-21(29(35)37-2)12-13-22(25)26(28(23)33)20-8-4-3-5-9-20;1-31-16-13-30(18-31)23-10-5-9-22-26(23)33(29(30)36)15-6-14-32-24-17-20(28(34)35)11-12-21(24)25(27(22)32)19-7-3-2-4-8-19;1-34-27(32)19-11-12-20-23(17-19)30-15-6-16-31-25-21(26(30)24(20)18-7-3-2-4-8-18)9-5-10-22(25)29(13-14-29)28(31)33;1-7-4-8(2)6-9(3)5-7/h6,10-13,18,20H,3-5,7-9,14-17,19H2,1-2H3;5,9-12,17,19H,2-4,6-8,13-16,18H2,1H3,(H,34,35);5,9-12,17-18H,2-4,6-8,13-16H2,1H3;4-6H2,1-3H3. The maximum Gasteiger partial charge on any atom is 0.337 e. The smallest absolute Gasteiger partial charge is 0.337 e. The molecule has 6 aromatic carbocycles. The molecule has 3 aromatic heterocycles. The molecule has 4 aliphatic carbocycles. The van der Waals surface area contributed by atoms with Crippen LogP contribution in [0.5, 0.6) is 0 Å². The van der Waals surface area contributed by atoms with E-state index in [1.165, 1.54) is 188 Å². The minimum absolute atomic E-state index is 0.268. The van der Waals surface area contributed by atoms with E-state index < -0.39 is 16.8 Å². The van der Waals surface area contributed by atoms with E-state index in [2.05, 4.69) is 155 Å². The molecule has 3 amide bonds. The van der Waals surface area contributed by atoms with Crippen molar-refractivity contribution < 1.29 is 43.3 Å². The lowest BCUT2D eigenvalue weighted by Gasteiger charge is -2.36. The van der Waals surface area contributed by atoms with Gasteiger partial charge in [-0.05, 0) is 219 Å². The van der Waals surface area contributed by atoms with Crippen molar-refractivity contribution in [3.63, 3.8) is 0 Å². The molecular formula is C96H113N11O9.